The van der Waals surface area contributed by atoms with Crippen molar-refractivity contribution < 1.29 is 4.74 Å². The van der Waals surface area contributed by atoms with Crippen LogP contribution in [0.15, 0.2) is 42.5 Å². The molecular formula is C17H21ClN2O. The molecule has 2 aromatic rings. The molecule has 0 aliphatic heterocycles. The van der Waals surface area contributed by atoms with Crippen molar-refractivity contribution in [2.75, 3.05) is 12.4 Å². The van der Waals surface area contributed by atoms with E-state index in [9.17, 15) is 0 Å². The Morgan fingerprint density at radius 3 is 2.33 bits per heavy atom. The molecule has 0 saturated heterocycles. The Bertz CT molecular complexity index is 611. The SMILES string of the molecule is CC.CNc1ccc(Oc2cccc(Cl)c2)cc1C(C)=N. The summed E-state index contributed by atoms with van der Waals surface area (Å²) < 4.78 is 5.74. The molecule has 0 saturated carbocycles. The van der Waals surface area contributed by atoms with Crippen molar-refractivity contribution in [3.8, 4) is 11.5 Å². The third-order valence-electron chi connectivity index (χ3n) is 2.70. The number of halogens is 1. The van der Waals surface area contributed by atoms with Crippen molar-refractivity contribution in [1.29, 1.82) is 5.41 Å². The number of rotatable bonds is 4. The van der Waals surface area contributed by atoms with Gasteiger partial charge in [0.1, 0.15) is 11.5 Å². The van der Waals surface area contributed by atoms with E-state index < -0.39 is 0 Å². The summed E-state index contributed by atoms with van der Waals surface area (Å²) in [6.07, 6.45) is 0. The molecule has 0 aromatic heterocycles. The third-order valence-corrected chi connectivity index (χ3v) is 2.93. The zero-order valence-corrected chi connectivity index (χ0v) is 13.6. The summed E-state index contributed by atoms with van der Waals surface area (Å²) in [5, 5.41) is 11.5. The minimum Gasteiger partial charge on any atom is -0.457 e. The number of nitrogens with one attached hydrogen (secondary N) is 2. The van der Waals surface area contributed by atoms with Gasteiger partial charge in [0, 0.05) is 29.0 Å². The molecule has 0 fully saturated rings. The van der Waals surface area contributed by atoms with Gasteiger partial charge in [-0.25, -0.2) is 0 Å². The lowest BCUT2D eigenvalue weighted by molar-refractivity contribution is 0.482. The first-order valence-corrected chi connectivity index (χ1v) is 7.28. The Balaban J connectivity index is 0.00000106. The molecule has 0 spiro atoms. The Morgan fingerprint density at radius 2 is 1.76 bits per heavy atom. The van der Waals surface area contributed by atoms with Crippen LogP contribution in [0.1, 0.15) is 26.3 Å². The first-order chi connectivity index (χ1) is 10.1. The van der Waals surface area contributed by atoms with Crippen LogP contribution in [0.4, 0.5) is 5.69 Å². The number of hydrogen-bond acceptors (Lipinski definition) is 3. The van der Waals surface area contributed by atoms with E-state index in [4.69, 9.17) is 21.7 Å². The Hall–Kier alpha value is -2.00. The fraction of sp³-hybridized carbons (Fsp3) is 0.235. The molecule has 0 aliphatic rings. The van der Waals surface area contributed by atoms with Crippen molar-refractivity contribution in [3.63, 3.8) is 0 Å². The lowest BCUT2D eigenvalue weighted by atomic mass is 10.1. The van der Waals surface area contributed by atoms with Crippen LogP contribution in [0.3, 0.4) is 0 Å². The minimum absolute atomic E-state index is 0.487. The molecule has 3 nitrogen and oxygen atoms in total. The van der Waals surface area contributed by atoms with Crippen molar-refractivity contribution >= 4 is 23.0 Å². The van der Waals surface area contributed by atoms with Crippen LogP contribution in [-0.2, 0) is 0 Å². The quantitative estimate of drug-likeness (QED) is 0.723. The molecule has 0 bridgehead atoms. The van der Waals surface area contributed by atoms with Gasteiger partial charge < -0.3 is 15.5 Å². The van der Waals surface area contributed by atoms with Crippen molar-refractivity contribution in [2.45, 2.75) is 20.8 Å². The number of benzene rings is 2. The van der Waals surface area contributed by atoms with Gasteiger partial charge in [-0.3, -0.25) is 0 Å². The smallest absolute Gasteiger partial charge is 0.128 e. The lowest BCUT2D eigenvalue weighted by Crippen LogP contribution is -2.00. The molecule has 2 N–H and O–H groups in total. The summed E-state index contributed by atoms with van der Waals surface area (Å²) in [4.78, 5) is 0. The largest absolute Gasteiger partial charge is 0.457 e. The first-order valence-electron chi connectivity index (χ1n) is 6.91. The zero-order chi connectivity index (χ0) is 15.8. The number of anilines is 1. The number of hydrogen-bond donors (Lipinski definition) is 2. The molecule has 21 heavy (non-hydrogen) atoms. The fourth-order valence-electron chi connectivity index (χ4n) is 1.78. The molecule has 0 amide bonds. The van der Waals surface area contributed by atoms with Crippen LogP contribution in [0.25, 0.3) is 0 Å². The maximum atomic E-state index is 7.77. The van der Waals surface area contributed by atoms with Gasteiger partial charge in [0.2, 0.25) is 0 Å². The number of ether oxygens (including phenoxy) is 1. The van der Waals surface area contributed by atoms with Gasteiger partial charge in [0.15, 0.2) is 0 Å². The van der Waals surface area contributed by atoms with E-state index in [0.717, 1.165) is 11.3 Å². The van der Waals surface area contributed by atoms with Gasteiger partial charge >= 0.3 is 0 Å². The minimum atomic E-state index is 0.487. The highest BCUT2D eigenvalue weighted by molar-refractivity contribution is 6.30. The molecule has 0 radical (unpaired) electrons. The molecular weight excluding hydrogens is 284 g/mol. The lowest BCUT2D eigenvalue weighted by Gasteiger charge is -2.11. The van der Waals surface area contributed by atoms with Crippen molar-refractivity contribution in [1.82, 2.24) is 0 Å². The van der Waals surface area contributed by atoms with Gasteiger partial charge in [-0.05, 0) is 43.3 Å². The van der Waals surface area contributed by atoms with Crippen LogP contribution < -0.4 is 10.1 Å². The summed E-state index contributed by atoms with van der Waals surface area (Å²) in [5.41, 5.74) is 2.22. The maximum absolute atomic E-state index is 7.77. The predicted octanol–water partition coefficient (Wildman–Crippen LogP) is 5.59. The molecule has 0 aliphatic carbocycles. The Morgan fingerprint density at radius 1 is 1.10 bits per heavy atom. The van der Waals surface area contributed by atoms with Gasteiger partial charge in [-0.15, -0.1) is 0 Å². The molecule has 2 rings (SSSR count). The standard InChI is InChI=1S/C15H15ClN2O.C2H6/c1-10(17)14-9-13(6-7-15(14)18-2)19-12-5-3-4-11(16)8-12;1-2/h3-9,17-18H,1-2H3;1-2H3. The monoisotopic (exact) mass is 304 g/mol. The summed E-state index contributed by atoms with van der Waals surface area (Å²) in [6, 6.07) is 12.8. The molecule has 112 valence electrons. The highest BCUT2D eigenvalue weighted by Gasteiger charge is 2.06. The van der Waals surface area contributed by atoms with E-state index >= 15 is 0 Å². The van der Waals surface area contributed by atoms with E-state index in [1.165, 1.54) is 0 Å². The van der Waals surface area contributed by atoms with Crippen molar-refractivity contribution in [3.05, 3.63) is 53.1 Å². The van der Waals surface area contributed by atoms with Crippen LogP contribution in [0, 0.1) is 5.41 Å². The molecule has 0 unspecified atom stereocenters. The Kier molecular flexibility index (Phi) is 6.76. The van der Waals surface area contributed by atoms with E-state index in [2.05, 4.69) is 5.32 Å². The second kappa shape index (κ2) is 8.32. The van der Waals surface area contributed by atoms with E-state index in [1.54, 1.807) is 19.1 Å². The topological polar surface area (TPSA) is 45.1 Å². The van der Waals surface area contributed by atoms with Crippen LogP contribution in [0.5, 0.6) is 11.5 Å². The predicted molar refractivity (Wildman–Crippen MR) is 91.4 cm³/mol. The summed E-state index contributed by atoms with van der Waals surface area (Å²) in [6.45, 7) is 5.75. The highest BCUT2D eigenvalue weighted by atomic mass is 35.5. The van der Waals surface area contributed by atoms with Gasteiger partial charge in [-0.1, -0.05) is 31.5 Å². The fourth-order valence-corrected chi connectivity index (χ4v) is 1.96. The highest BCUT2D eigenvalue weighted by Crippen LogP contribution is 2.28. The zero-order valence-electron chi connectivity index (χ0n) is 12.8. The molecule has 0 atom stereocenters. The average Bonchev–Trinajstić information content (AvgIpc) is 2.49. The second-order valence-electron chi connectivity index (χ2n) is 4.14. The second-order valence-corrected chi connectivity index (χ2v) is 4.58. The van der Waals surface area contributed by atoms with E-state index in [0.29, 0.717) is 22.2 Å². The van der Waals surface area contributed by atoms with Gasteiger partial charge in [-0.2, -0.15) is 0 Å². The maximum Gasteiger partial charge on any atom is 0.128 e. The summed E-state index contributed by atoms with van der Waals surface area (Å²) in [7, 11) is 1.83. The third kappa shape index (κ3) is 4.80. The normalized spacial score (nSPS) is 9.38. The van der Waals surface area contributed by atoms with Crippen LogP contribution >= 0.6 is 11.6 Å². The molecule has 2 aromatic carbocycles. The summed E-state index contributed by atoms with van der Waals surface area (Å²) >= 11 is 5.92. The van der Waals surface area contributed by atoms with Crippen LogP contribution in [0.2, 0.25) is 5.02 Å². The van der Waals surface area contributed by atoms with Crippen LogP contribution in [-0.4, -0.2) is 12.8 Å². The molecule has 4 heteroatoms. The van der Waals surface area contributed by atoms with Gasteiger partial charge in [0.25, 0.3) is 0 Å². The van der Waals surface area contributed by atoms with E-state index in [1.807, 2.05) is 51.2 Å². The Labute approximate surface area is 131 Å². The van der Waals surface area contributed by atoms with Gasteiger partial charge in [0.05, 0.1) is 0 Å². The van der Waals surface area contributed by atoms with E-state index in [-0.39, 0.29) is 0 Å². The average molecular weight is 305 g/mol. The summed E-state index contributed by atoms with van der Waals surface area (Å²) in [5.74, 6) is 1.36. The van der Waals surface area contributed by atoms with Crippen molar-refractivity contribution in [2.24, 2.45) is 0 Å². The molecule has 0 heterocycles. The first kappa shape index (κ1) is 17.1.